The maximum atomic E-state index is 4.50. The lowest BCUT2D eigenvalue weighted by Crippen LogP contribution is -2.22. The first-order valence-electron chi connectivity index (χ1n) is 9.66. The van der Waals surface area contributed by atoms with Crippen molar-refractivity contribution in [1.82, 2.24) is 14.9 Å². The van der Waals surface area contributed by atoms with E-state index >= 15 is 0 Å². The molecule has 3 fully saturated rings. The number of hydrogen-bond donors (Lipinski definition) is 1. The lowest BCUT2D eigenvalue weighted by atomic mass is 9.82. The molecule has 2 aromatic rings. The highest BCUT2D eigenvalue weighted by atomic mass is 15.2. The summed E-state index contributed by atoms with van der Waals surface area (Å²) < 4.78 is 0. The van der Waals surface area contributed by atoms with Crippen molar-refractivity contribution in [3.8, 4) is 0 Å². The molecule has 4 heteroatoms. The molecule has 2 saturated carbocycles. The monoisotopic (exact) mass is 334 g/mol. The quantitative estimate of drug-likeness (QED) is 0.908. The van der Waals surface area contributed by atoms with Crippen LogP contribution >= 0.6 is 0 Å². The van der Waals surface area contributed by atoms with Gasteiger partial charge < -0.3 is 5.32 Å². The Bertz CT molecular complexity index is 696. The Labute approximate surface area is 149 Å². The predicted molar refractivity (Wildman–Crippen MR) is 98.9 cm³/mol. The first-order chi connectivity index (χ1) is 12.3. The molecule has 0 unspecified atom stereocenters. The third-order valence-electron chi connectivity index (χ3n) is 6.62. The van der Waals surface area contributed by atoms with Gasteiger partial charge in [-0.2, -0.15) is 0 Å². The molecule has 0 amide bonds. The number of anilines is 1. The van der Waals surface area contributed by atoms with Crippen molar-refractivity contribution in [3.63, 3.8) is 0 Å². The van der Waals surface area contributed by atoms with E-state index in [-0.39, 0.29) is 0 Å². The first kappa shape index (κ1) is 15.3. The molecule has 4 nitrogen and oxygen atoms in total. The molecular weight excluding hydrogens is 308 g/mol. The molecule has 2 aliphatic carbocycles. The molecule has 0 spiro atoms. The van der Waals surface area contributed by atoms with E-state index in [1.807, 2.05) is 18.5 Å². The zero-order valence-corrected chi connectivity index (χ0v) is 14.6. The van der Waals surface area contributed by atoms with Gasteiger partial charge in [0.05, 0.1) is 0 Å². The summed E-state index contributed by atoms with van der Waals surface area (Å²) in [5.41, 5.74) is 2.48. The van der Waals surface area contributed by atoms with Crippen molar-refractivity contribution in [1.29, 1.82) is 0 Å². The molecule has 5 rings (SSSR count). The third-order valence-corrected chi connectivity index (χ3v) is 6.62. The van der Waals surface area contributed by atoms with Gasteiger partial charge >= 0.3 is 0 Å². The molecule has 1 N–H and O–H groups in total. The summed E-state index contributed by atoms with van der Waals surface area (Å²) in [4.78, 5) is 11.6. The van der Waals surface area contributed by atoms with Gasteiger partial charge in [0.25, 0.3) is 0 Å². The van der Waals surface area contributed by atoms with Gasteiger partial charge in [-0.15, -0.1) is 0 Å². The number of hydrogen-bond acceptors (Lipinski definition) is 4. The van der Waals surface area contributed by atoms with E-state index in [4.69, 9.17) is 0 Å². The van der Waals surface area contributed by atoms with Crippen molar-refractivity contribution in [2.75, 3.05) is 18.4 Å². The Hall–Kier alpha value is -1.94. The molecule has 2 heterocycles. The van der Waals surface area contributed by atoms with Gasteiger partial charge in [-0.05, 0) is 48.5 Å². The number of aromatic nitrogens is 2. The fourth-order valence-corrected chi connectivity index (χ4v) is 5.46. The van der Waals surface area contributed by atoms with E-state index in [0.717, 1.165) is 36.8 Å². The Morgan fingerprint density at radius 3 is 2.28 bits per heavy atom. The number of rotatable bonds is 5. The molecule has 130 valence electrons. The highest BCUT2D eigenvalue weighted by Crippen LogP contribution is 2.55. The Kier molecular flexibility index (Phi) is 3.93. The predicted octanol–water partition coefficient (Wildman–Crippen LogP) is 3.57. The molecule has 25 heavy (non-hydrogen) atoms. The second-order valence-electron chi connectivity index (χ2n) is 8.11. The topological polar surface area (TPSA) is 41.1 Å². The normalized spacial score (nSPS) is 30.6. The van der Waals surface area contributed by atoms with Crippen LogP contribution in [0, 0.1) is 23.7 Å². The summed E-state index contributed by atoms with van der Waals surface area (Å²) in [5.74, 6) is 4.73. The fraction of sp³-hybridized carbons (Fsp3) is 0.524. The van der Waals surface area contributed by atoms with Crippen molar-refractivity contribution in [3.05, 3.63) is 53.9 Å². The lowest BCUT2D eigenvalue weighted by Gasteiger charge is -2.22. The highest BCUT2D eigenvalue weighted by molar-refractivity contribution is 5.28. The fourth-order valence-electron chi connectivity index (χ4n) is 5.46. The highest BCUT2D eigenvalue weighted by Gasteiger charge is 2.51. The molecule has 1 aliphatic heterocycles. The molecule has 3 aliphatic rings. The van der Waals surface area contributed by atoms with E-state index in [0.29, 0.717) is 5.95 Å². The molecular formula is C21H26N4. The van der Waals surface area contributed by atoms with Crippen LogP contribution in [0.15, 0.2) is 42.7 Å². The summed E-state index contributed by atoms with van der Waals surface area (Å²) in [6, 6.07) is 10.4. The van der Waals surface area contributed by atoms with E-state index in [9.17, 15) is 0 Å². The van der Waals surface area contributed by atoms with E-state index < -0.39 is 0 Å². The first-order valence-corrected chi connectivity index (χ1v) is 9.66. The molecule has 2 bridgehead atoms. The minimum Gasteiger partial charge on any atom is -0.350 e. The minimum absolute atomic E-state index is 0.712. The Balaban J connectivity index is 1.16. The van der Waals surface area contributed by atoms with Crippen molar-refractivity contribution in [2.45, 2.75) is 32.4 Å². The van der Waals surface area contributed by atoms with Crippen LogP contribution in [0.4, 0.5) is 5.95 Å². The van der Waals surface area contributed by atoms with Crippen molar-refractivity contribution < 1.29 is 0 Å². The van der Waals surface area contributed by atoms with Crippen LogP contribution in [0.3, 0.4) is 0 Å². The average molecular weight is 334 g/mol. The average Bonchev–Trinajstić information content (AvgIpc) is 3.35. The minimum atomic E-state index is 0.712. The number of benzene rings is 1. The van der Waals surface area contributed by atoms with E-state index in [1.54, 1.807) is 0 Å². The number of likely N-dealkylation sites (tertiary alicyclic amines) is 1. The Morgan fingerprint density at radius 2 is 1.60 bits per heavy atom. The smallest absolute Gasteiger partial charge is 0.222 e. The molecule has 4 atom stereocenters. The van der Waals surface area contributed by atoms with E-state index in [1.165, 1.54) is 43.5 Å². The summed E-state index contributed by atoms with van der Waals surface area (Å²) >= 11 is 0. The molecule has 1 aromatic heterocycles. The second-order valence-corrected chi connectivity index (χ2v) is 8.11. The Morgan fingerprint density at radius 1 is 0.920 bits per heavy atom. The maximum absolute atomic E-state index is 4.50. The van der Waals surface area contributed by atoms with E-state index in [2.05, 4.69) is 44.5 Å². The summed E-state index contributed by atoms with van der Waals surface area (Å²) in [6.07, 6.45) is 8.48. The van der Waals surface area contributed by atoms with Gasteiger partial charge in [-0.25, -0.2) is 9.97 Å². The van der Waals surface area contributed by atoms with Crippen molar-refractivity contribution >= 4 is 5.95 Å². The second kappa shape index (κ2) is 6.41. The summed E-state index contributed by atoms with van der Waals surface area (Å²) in [6.45, 7) is 4.35. The van der Waals surface area contributed by atoms with Gasteiger partial charge in [0, 0.05) is 44.1 Å². The van der Waals surface area contributed by atoms with Gasteiger partial charge in [0.15, 0.2) is 0 Å². The van der Waals surface area contributed by atoms with Gasteiger partial charge in [0.1, 0.15) is 0 Å². The number of fused-ring (bicyclic) bond motifs is 5. The van der Waals surface area contributed by atoms with Crippen LogP contribution in [0.5, 0.6) is 0 Å². The van der Waals surface area contributed by atoms with Crippen LogP contribution < -0.4 is 5.32 Å². The standard InChI is InChI=1S/C21H26N4/c1-2-4-15(5-3-1)9-22-21-23-10-16(11-24-21)12-25-13-19-17-6-7-18(8-17)20(19)14-25/h1-5,10-11,17-20H,6-9,12-14H2,(H,22,23,24)/t17-,18+,19-,20+. The van der Waals surface area contributed by atoms with Crippen LogP contribution in [-0.4, -0.2) is 28.0 Å². The zero-order valence-electron chi connectivity index (χ0n) is 14.6. The van der Waals surface area contributed by atoms with Crippen LogP contribution in [-0.2, 0) is 13.1 Å². The zero-order chi connectivity index (χ0) is 16.6. The lowest BCUT2D eigenvalue weighted by molar-refractivity contribution is 0.281. The van der Waals surface area contributed by atoms with Crippen molar-refractivity contribution in [2.24, 2.45) is 23.7 Å². The summed E-state index contributed by atoms with van der Waals surface area (Å²) in [5, 5.41) is 3.30. The van der Waals surface area contributed by atoms with Gasteiger partial charge in [-0.1, -0.05) is 30.3 Å². The third kappa shape index (κ3) is 3.04. The number of nitrogens with one attached hydrogen (secondary N) is 1. The molecule has 0 radical (unpaired) electrons. The largest absolute Gasteiger partial charge is 0.350 e. The van der Waals surface area contributed by atoms with Crippen LogP contribution in [0.1, 0.15) is 30.4 Å². The SMILES string of the molecule is c1ccc(CNc2ncc(CN3C[C@@H]4[C@@H]5CC[C@@H](C5)[C@@H]4C3)cn2)cc1. The van der Waals surface area contributed by atoms with Crippen LogP contribution in [0.2, 0.25) is 0 Å². The maximum Gasteiger partial charge on any atom is 0.222 e. The van der Waals surface area contributed by atoms with Gasteiger partial charge in [0.2, 0.25) is 5.95 Å². The summed E-state index contributed by atoms with van der Waals surface area (Å²) in [7, 11) is 0. The number of nitrogens with zero attached hydrogens (tertiary/aromatic N) is 3. The van der Waals surface area contributed by atoms with Crippen LogP contribution in [0.25, 0.3) is 0 Å². The van der Waals surface area contributed by atoms with Gasteiger partial charge in [-0.3, -0.25) is 4.90 Å². The molecule has 1 saturated heterocycles. The molecule has 1 aromatic carbocycles.